The van der Waals surface area contributed by atoms with Gasteiger partial charge in [-0.1, -0.05) is 24.3 Å². The van der Waals surface area contributed by atoms with E-state index in [0.29, 0.717) is 29.1 Å². The van der Waals surface area contributed by atoms with Crippen LogP contribution in [0, 0.1) is 0 Å². The zero-order valence-corrected chi connectivity index (χ0v) is 16.6. The van der Waals surface area contributed by atoms with Gasteiger partial charge in [-0.15, -0.1) is 20.4 Å². The van der Waals surface area contributed by atoms with Crippen LogP contribution in [0.5, 0.6) is 0 Å². The first-order chi connectivity index (χ1) is 14.9. The summed E-state index contributed by atoms with van der Waals surface area (Å²) in [6.45, 7) is 0.343. The molecule has 0 atom stereocenters. The van der Waals surface area contributed by atoms with Gasteiger partial charge in [0.2, 0.25) is 11.7 Å². The number of hydrogen-bond donors (Lipinski definition) is 0. The van der Waals surface area contributed by atoms with E-state index >= 15 is 0 Å². The maximum absolute atomic E-state index is 12.6. The van der Waals surface area contributed by atoms with Crippen molar-refractivity contribution >= 4 is 5.91 Å². The van der Waals surface area contributed by atoms with E-state index in [0.717, 1.165) is 5.56 Å². The summed E-state index contributed by atoms with van der Waals surface area (Å²) < 4.78 is 30.1. The molecule has 0 aliphatic carbocycles. The molecule has 0 spiro atoms. The highest BCUT2D eigenvalue weighted by molar-refractivity contribution is 5.94. The molecule has 0 saturated carbocycles. The number of amides is 1. The number of nitrogens with zero attached hydrogens (tertiary/aromatic N) is 7. The standard InChI is InChI=1S/C20H17F2N7O2/c1-28(2)20(30)15-5-3-4-14(10-15)17-23-27-29(26-17)11-12-6-8-13(9-7-12)18-24-25-19(31-18)16(21)22/h3-10,16H,11H2,1-2H3. The predicted molar refractivity (Wildman–Crippen MR) is 105 cm³/mol. The van der Waals surface area contributed by atoms with Crippen LogP contribution in [-0.4, -0.2) is 55.3 Å². The maximum Gasteiger partial charge on any atom is 0.314 e. The highest BCUT2D eigenvalue weighted by atomic mass is 19.3. The van der Waals surface area contributed by atoms with Crippen molar-refractivity contribution < 1.29 is 18.0 Å². The van der Waals surface area contributed by atoms with Crippen LogP contribution >= 0.6 is 0 Å². The Morgan fingerprint density at radius 1 is 1.06 bits per heavy atom. The Kier molecular flexibility index (Phi) is 5.48. The molecule has 9 nitrogen and oxygen atoms in total. The number of halogens is 2. The lowest BCUT2D eigenvalue weighted by atomic mass is 10.1. The van der Waals surface area contributed by atoms with Crippen LogP contribution in [0.25, 0.3) is 22.8 Å². The number of rotatable bonds is 6. The molecule has 4 aromatic rings. The van der Waals surface area contributed by atoms with Gasteiger partial charge in [-0.3, -0.25) is 4.79 Å². The number of benzene rings is 2. The van der Waals surface area contributed by atoms with Crippen molar-refractivity contribution in [2.45, 2.75) is 13.0 Å². The largest absolute Gasteiger partial charge is 0.415 e. The van der Waals surface area contributed by atoms with Crippen LogP contribution in [0.2, 0.25) is 0 Å². The number of tetrazole rings is 1. The van der Waals surface area contributed by atoms with Crippen LogP contribution < -0.4 is 0 Å². The molecule has 0 bridgehead atoms. The third-order valence-electron chi connectivity index (χ3n) is 4.38. The topological polar surface area (TPSA) is 103 Å². The number of carbonyl (C=O) groups is 1. The van der Waals surface area contributed by atoms with Crippen molar-refractivity contribution in [3.05, 3.63) is 65.5 Å². The van der Waals surface area contributed by atoms with Gasteiger partial charge in [0.25, 0.3) is 11.8 Å². The van der Waals surface area contributed by atoms with E-state index in [-0.39, 0.29) is 11.8 Å². The van der Waals surface area contributed by atoms with Gasteiger partial charge in [-0.25, -0.2) is 0 Å². The Morgan fingerprint density at radius 2 is 1.84 bits per heavy atom. The van der Waals surface area contributed by atoms with Crippen molar-refractivity contribution in [2.75, 3.05) is 14.1 Å². The summed E-state index contributed by atoms with van der Waals surface area (Å²) in [6.07, 6.45) is -2.81. The molecule has 11 heteroatoms. The summed E-state index contributed by atoms with van der Waals surface area (Å²) in [4.78, 5) is 15.1. The molecule has 31 heavy (non-hydrogen) atoms. The van der Waals surface area contributed by atoms with Gasteiger partial charge in [-0.2, -0.15) is 13.6 Å². The smallest absolute Gasteiger partial charge is 0.314 e. The highest BCUT2D eigenvalue weighted by Crippen LogP contribution is 2.23. The minimum absolute atomic E-state index is 0.0233. The van der Waals surface area contributed by atoms with Crippen LogP contribution in [0.4, 0.5) is 8.78 Å². The van der Waals surface area contributed by atoms with Crippen molar-refractivity contribution in [1.29, 1.82) is 0 Å². The molecule has 0 aliphatic rings. The van der Waals surface area contributed by atoms with Crippen LogP contribution in [0.15, 0.2) is 52.9 Å². The Balaban J connectivity index is 1.48. The Labute approximate surface area is 175 Å². The minimum atomic E-state index is -2.81. The second kappa shape index (κ2) is 8.38. The van der Waals surface area contributed by atoms with E-state index in [1.54, 1.807) is 62.6 Å². The second-order valence-corrected chi connectivity index (χ2v) is 6.87. The fraction of sp³-hybridized carbons (Fsp3) is 0.200. The molecular formula is C20H17F2N7O2. The van der Waals surface area contributed by atoms with Crippen molar-refractivity contribution in [1.82, 2.24) is 35.3 Å². The first-order valence-corrected chi connectivity index (χ1v) is 9.21. The quantitative estimate of drug-likeness (QED) is 0.468. The summed E-state index contributed by atoms with van der Waals surface area (Å²) in [5.41, 5.74) is 2.60. The highest BCUT2D eigenvalue weighted by Gasteiger charge is 2.17. The summed E-state index contributed by atoms with van der Waals surface area (Å²) in [5, 5.41) is 19.4. The average Bonchev–Trinajstić information content (AvgIpc) is 3.44. The van der Waals surface area contributed by atoms with Crippen LogP contribution in [0.1, 0.15) is 28.2 Å². The normalized spacial score (nSPS) is 11.1. The molecular weight excluding hydrogens is 408 g/mol. The number of carbonyl (C=O) groups excluding carboxylic acids is 1. The van der Waals surface area contributed by atoms with Gasteiger partial charge in [-0.05, 0) is 35.0 Å². The lowest BCUT2D eigenvalue weighted by Gasteiger charge is -2.10. The van der Waals surface area contributed by atoms with E-state index in [9.17, 15) is 13.6 Å². The molecule has 158 valence electrons. The van der Waals surface area contributed by atoms with Crippen LogP contribution in [0.3, 0.4) is 0 Å². The van der Waals surface area contributed by atoms with E-state index in [1.165, 1.54) is 9.70 Å². The number of alkyl halides is 2. The summed E-state index contributed by atoms with van der Waals surface area (Å²) in [5.74, 6) is -0.406. The lowest BCUT2D eigenvalue weighted by molar-refractivity contribution is 0.0827. The second-order valence-electron chi connectivity index (χ2n) is 6.87. The molecule has 0 aliphatic heterocycles. The zero-order chi connectivity index (χ0) is 22.0. The zero-order valence-electron chi connectivity index (χ0n) is 16.6. The Hall–Kier alpha value is -4.02. The number of hydrogen-bond acceptors (Lipinski definition) is 7. The number of aromatic nitrogens is 6. The molecule has 0 unspecified atom stereocenters. The lowest BCUT2D eigenvalue weighted by Crippen LogP contribution is -2.21. The summed E-state index contributed by atoms with van der Waals surface area (Å²) >= 11 is 0. The molecule has 0 fully saturated rings. The molecule has 0 saturated heterocycles. The molecule has 2 heterocycles. The SMILES string of the molecule is CN(C)C(=O)c1cccc(-c2nnn(Cc3ccc(-c4nnc(C(F)F)o4)cc3)n2)c1. The fourth-order valence-electron chi connectivity index (χ4n) is 2.83. The Morgan fingerprint density at radius 3 is 2.52 bits per heavy atom. The molecule has 4 rings (SSSR count). The third kappa shape index (κ3) is 4.44. The Bertz CT molecular complexity index is 1200. The maximum atomic E-state index is 12.6. The van der Waals surface area contributed by atoms with Gasteiger partial charge in [0.1, 0.15) is 0 Å². The average molecular weight is 425 g/mol. The fourth-order valence-corrected chi connectivity index (χ4v) is 2.83. The van der Waals surface area contributed by atoms with E-state index in [2.05, 4.69) is 25.6 Å². The van der Waals surface area contributed by atoms with Crippen molar-refractivity contribution in [3.63, 3.8) is 0 Å². The molecule has 2 aromatic carbocycles. The third-order valence-corrected chi connectivity index (χ3v) is 4.38. The summed E-state index contributed by atoms with van der Waals surface area (Å²) in [6, 6.07) is 14.0. The molecule has 0 radical (unpaired) electrons. The van der Waals surface area contributed by atoms with Gasteiger partial charge in [0, 0.05) is 30.8 Å². The monoisotopic (exact) mass is 425 g/mol. The first kappa shape index (κ1) is 20.3. The predicted octanol–water partition coefficient (Wildman–Crippen LogP) is 3.08. The molecule has 0 N–H and O–H groups in total. The van der Waals surface area contributed by atoms with E-state index < -0.39 is 12.3 Å². The van der Waals surface area contributed by atoms with Crippen LogP contribution in [-0.2, 0) is 6.54 Å². The molecule has 1 amide bonds. The van der Waals surface area contributed by atoms with Gasteiger partial charge >= 0.3 is 6.43 Å². The van der Waals surface area contributed by atoms with Crippen molar-refractivity contribution in [2.24, 2.45) is 0 Å². The van der Waals surface area contributed by atoms with Gasteiger partial charge in [0.15, 0.2) is 0 Å². The van der Waals surface area contributed by atoms with Crippen molar-refractivity contribution in [3.8, 4) is 22.8 Å². The minimum Gasteiger partial charge on any atom is -0.415 e. The summed E-state index contributed by atoms with van der Waals surface area (Å²) in [7, 11) is 3.37. The van der Waals surface area contributed by atoms with E-state index in [4.69, 9.17) is 4.42 Å². The van der Waals surface area contributed by atoms with Gasteiger partial charge in [0.05, 0.1) is 6.54 Å². The first-order valence-electron chi connectivity index (χ1n) is 9.21. The molecule has 2 aromatic heterocycles. The van der Waals surface area contributed by atoms with E-state index in [1.807, 2.05) is 0 Å². The van der Waals surface area contributed by atoms with Gasteiger partial charge < -0.3 is 9.32 Å².